The van der Waals surface area contributed by atoms with E-state index in [1.807, 2.05) is 36.1 Å². The number of aryl methyl sites for hydroxylation is 1. The summed E-state index contributed by atoms with van der Waals surface area (Å²) < 4.78 is 7.86. The number of hydrogen-bond acceptors (Lipinski definition) is 4. The Morgan fingerprint density at radius 2 is 2.32 bits per heavy atom. The van der Waals surface area contributed by atoms with Gasteiger partial charge in [-0.15, -0.1) is 6.58 Å². The van der Waals surface area contributed by atoms with Crippen LogP contribution in [0.3, 0.4) is 0 Å². The summed E-state index contributed by atoms with van der Waals surface area (Å²) in [4.78, 5) is 2.46. The first kappa shape index (κ1) is 17.4. The normalized spacial score (nSPS) is 20.5. The van der Waals surface area contributed by atoms with Crippen molar-refractivity contribution in [1.82, 2.24) is 14.7 Å². The number of nitriles is 1. The van der Waals surface area contributed by atoms with Crippen molar-refractivity contribution in [3.8, 4) is 6.07 Å². The maximum absolute atomic E-state index is 9.11. The molecule has 0 N–H and O–H groups in total. The highest BCUT2D eigenvalue weighted by Gasteiger charge is 2.34. The summed E-state index contributed by atoms with van der Waals surface area (Å²) in [7, 11) is 1.94. The first-order valence-electron chi connectivity index (χ1n) is 8.62. The number of hydrogen-bond donors (Lipinski definition) is 0. The molecule has 0 unspecified atom stereocenters. The lowest BCUT2D eigenvalue weighted by atomic mass is 10.0. The van der Waals surface area contributed by atoms with Gasteiger partial charge in [-0.05, 0) is 36.1 Å². The first-order valence-corrected chi connectivity index (χ1v) is 8.62. The molecule has 130 valence electrons. The largest absolute Gasteiger partial charge is 0.372 e. The van der Waals surface area contributed by atoms with Gasteiger partial charge < -0.3 is 4.74 Å². The molecule has 0 bridgehead atoms. The summed E-state index contributed by atoms with van der Waals surface area (Å²) in [6, 6.07) is 10.4. The molecule has 1 aromatic carbocycles. The number of aromatic nitrogens is 2. The van der Waals surface area contributed by atoms with E-state index >= 15 is 0 Å². The fraction of sp³-hybridized carbons (Fsp3) is 0.400. The minimum atomic E-state index is 0.192. The van der Waals surface area contributed by atoms with Crippen LogP contribution in [0.25, 0.3) is 0 Å². The molecule has 0 radical (unpaired) electrons. The molecule has 25 heavy (non-hydrogen) atoms. The van der Waals surface area contributed by atoms with Crippen molar-refractivity contribution >= 4 is 0 Å². The van der Waals surface area contributed by atoms with Crippen LogP contribution in [0.15, 0.2) is 49.3 Å². The maximum atomic E-state index is 9.11. The van der Waals surface area contributed by atoms with Crippen LogP contribution < -0.4 is 0 Å². The third-order valence-corrected chi connectivity index (χ3v) is 4.67. The minimum absolute atomic E-state index is 0.192. The van der Waals surface area contributed by atoms with Crippen LogP contribution in [-0.4, -0.2) is 40.0 Å². The van der Waals surface area contributed by atoms with Crippen LogP contribution in [0.5, 0.6) is 0 Å². The predicted octanol–water partition coefficient (Wildman–Crippen LogP) is 2.68. The van der Waals surface area contributed by atoms with Gasteiger partial charge in [-0.1, -0.05) is 18.2 Å². The zero-order valence-electron chi connectivity index (χ0n) is 14.6. The van der Waals surface area contributed by atoms with E-state index < -0.39 is 0 Å². The zero-order valence-corrected chi connectivity index (χ0v) is 14.6. The van der Waals surface area contributed by atoms with Crippen molar-refractivity contribution in [1.29, 1.82) is 5.26 Å². The second-order valence-electron chi connectivity index (χ2n) is 6.53. The summed E-state index contributed by atoms with van der Waals surface area (Å²) in [5, 5.41) is 13.4. The van der Waals surface area contributed by atoms with Crippen LogP contribution in [-0.2, 0) is 24.8 Å². The number of benzene rings is 1. The fourth-order valence-corrected chi connectivity index (χ4v) is 3.52. The van der Waals surface area contributed by atoms with Crippen LogP contribution in [0, 0.1) is 11.3 Å². The molecule has 5 heteroatoms. The van der Waals surface area contributed by atoms with Gasteiger partial charge in [0.15, 0.2) is 0 Å². The Balaban J connectivity index is 1.75. The predicted molar refractivity (Wildman–Crippen MR) is 96.8 cm³/mol. The summed E-state index contributed by atoms with van der Waals surface area (Å²) in [6.07, 6.45) is 7.91. The molecule has 1 saturated heterocycles. The molecule has 0 amide bonds. The van der Waals surface area contributed by atoms with Crippen LogP contribution >= 0.6 is 0 Å². The zero-order chi connectivity index (χ0) is 17.6. The van der Waals surface area contributed by atoms with Gasteiger partial charge in [-0.2, -0.15) is 10.4 Å². The SMILES string of the molecule is C=CCO[C@@H]1CCN(Cc2cccc(C#N)c2)[C@@H]1Cc1cnn(C)c1. The number of likely N-dealkylation sites (tertiary alicyclic amines) is 1. The molecule has 3 rings (SSSR count). The molecule has 1 aromatic heterocycles. The molecule has 0 aliphatic carbocycles. The van der Waals surface area contributed by atoms with Gasteiger partial charge in [-0.25, -0.2) is 0 Å². The first-order chi connectivity index (χ1) is 12.2. The second-order valence-corrected chi connectivity index (χ2v) is 6.53. The summed E-state index contributed by atoms with van der Waals surface area (Å²) in [5.74, 6) is 0. The Kier molecular flexibility index (Phi) is 5.64. The number of nitrogens with zero attached hydrogens (tertiary/aromatic N) is 4. The molecule has 1 aliphatic rings. The Morgan fingerprint density at radius 3 is 3.04 bits per heavy atom. The summed E-state index contributed by atoms with van der Waals surface area (Å²) in [5.41, 5.74) is 3.09. The van der Waals surface area contributed by atoms with Gasteiger partial charge in [0.1, 0.15) is 0 Å². The maximum Gasteiger partial charge on any atom is 0.0991 e. The van der Waals surface area contributed by atoms with E-state index in [2.05, 4.69) is 34.9 Å². The van der Waals surface area contributed by atoms with Gasteiger partial charge in [-0.3, -0.25) is 9.58 Å². The van der Waals surface area contributed by atoms with E-state index in [4.69, 9.17) is 10.00 Å². The Bertz CT molecular complexity index is 761. The van der Waals surface area contributed by atoms with E-state index in [1.54, 1.807) is 6.08 Å². The van der Waals surface area contributed by atoms with E-state index in [-0.39, 0.29) is 6.10 Å². The van der Waals surface area contributed by atoms with Crippen molar-refractivity contribution in [2.24, 2.45) is 7.05 Å². The van der Waals surface area contributed by atoms with Crippen molar-refractivity contribution < 1.29 is 4.74 Å². The lowest BCUT2D eigenvalue weighted by molar-refractivity contribution is 0.0421. The van der Waals surface area contributed by atoms with Crippen LogP contribution in [0.4, 0.5) is 0 Å². The third kappa shape index (κ3) is 4.36. The molecular weight excluding hydrogens is 312 g/mol. The standard InChI is InChI=1S/C20H24N4O/c1-3-9-25-20-7-8-24(15-17-6-4-5-16(10-17)12-21)19(20)11-18-13-22-23(2)14-18/h3-6,10,13-14,19-20H,1,7-9,11,15H2,2H3/t19-,20-/m1/s1. The lowest BCUT2D eigenvalue weighted by Crippen LogP contribution is -2.37. The Morgan fingerprint density at radius 1 is 1.44 bits per heavy atom. The number of ether oxygens (including phenoxy) is 1. The summed E-state index contributed by atoms with van der Waals surface area (Å²) >= 11 is 0. The van der Waals surface area contributed by atoms with Crippen LogP contribution in [0.2, 0.25) is 0 Å². The summed E-state index contributed by atoms with van der Waals surface area (Å²) in [6.45, 7) is 6.15. The Labute approximate surface area is 149 Å². The van der Waals surface area contributed by atoms with E-state index in [0.29, 0.717) is 18.2 Å². The van der Waals surface area contributed by atoms with E-state index in [9.17, 15) is 0 Å². The number of rotatable bonds is 7. The smallest absolute Gasteiger partial charge is 0.0991 e. The minimum Gasteiger partial charge on any atom is -0.372 e. The van der Waals surface area contributed by atoms with Gasteiger partial charge in [0.05, 0.1) is 30.5 Å². The molecule has 5 nitrogen and oxygen atoms in total. The molecule has 2 heterocycles. The quantitative estimate of drug-likeness (QED) is 0.730. The monoisotopic (exact) mass is 336 g/mol. The average molecular weight is 336 g/mol. The molecular formula is C20H24N4O. The highest BCUT2D eigenvalue weighted by molar-refractivity contribution is 5.32. The van der Waals surface area contributed by atoms with Gasteiger partial charge in [0.2, 0.25) is 0 Å². The lowest BCUT2D eigenvalue weighted by Gasteiger charge is -2.28. The van der Waals surface area contributed by atoms with Crippen molar-refractivity contribution in [2.75, 3.05) is 13.2 Å². The topological polar surface area (TPSA) is 54.1 Å². The highest BCUT2D eigenvalue weighted by atomic mass is 16.5. The molecule has 0 saturated carbocycles. The molecule has 1 aliphatic heterocycles. The Hall–Kier alpha value is -2.42. The highest BCUT2D eigenvalue weighted by Crippen LogP contribution is 2.26. The third-order valence-electron chi connectivity index (χ3n) is 4.67. The van der Waals surface area contributed by atoms with Crippen molar-refractivity contribution in [2.45, 2.75) is 31.5 Å². The van der Waals surface area contributed by atoms with Gasteiger partial charge >= 0.3 is 0 Å². The van der Waals surface area contributed by atoms with Gasteiger partial charge in [0, 0.05) is 32.4 Å². The van der Waals surface area contributed by atoms with Gasteiger partial charge in [0.25, 0.3) is 0 Å². The molecule has 0 spiro atoms. The molecule has 2 aromatic rings. The van der Waals surface area contributed by atoms with E-state index in [0.717, 1.165) is 25.9 Å². The fourth-order valence-electron chi connectivity index (χ4n) is 3.52. The molecule has 1 fully saturated rings. The second kappa shape index (κ2) is 8.11. The van der Waals surface area contributed by atoms with E-state index in [1.165, 1.54) is 11.1 Å². The van der Waals surface area contributed by atoms with Crippen molar-refractivity contribution in [3.05, 3.63) is 66.0 Å². The van der Waals surface area contributed by atoms with Crippen molar-refractivity contribution in [3.63, 3.8) is 0 Å². The average Bonchev–Trinajstić information content (AvgIpc) is 3.20. The molecule has 2 atom stereocenters. The van der Waals surface area contributed by atoms with Crippen LogP contribution in [0.1, 0.15) is 23.1 Å².